The number of thiophene rings is 1. The van der Waals surface area contributed by atoms with E-state index in [9.17, 15) is 0 Å². The summed E-state index contributed by atoms with van der Waals surface area (Å²) >= 11 is 1.85. The third-order valence-corrected chi connectivity index (χ3v) is 13.1. The third kappa shape index (κ3) is 4.06. The second kappa shape index (κ2) is 11.2. The maximum atomic E-state index is 6.65. The second-order valence-electron chi connectivity index (χ2n) is 14.8. The van der Waals surface area contributed by atoms with Gasteiger partial charge >= 0.3 is 0 Å². The molecule has 4 heteroatoms. The van der Waals surface area contributed by atoms with Crippen molar-refractivity contribution in [2.45, 2.75) is 0 Å². The zero-order valence-corrected chi connectivity index (χ0v) is 30.8. The minimum absolute atomic E-state index is 0.917. The number of aromatic nitrogens is 2. The Bertz CT molecular complexity index is 3770. The Morgan fingerprint density at radius 1 is 0.393 bits per heavy atom. The number of benzene rings is 9. The van der Waals surface area contributed by atoms with Gasteiger partial charge in [0, 0.05) is 53.5 Å². The van der Waals surface area contributed by atoms with Crippen LogP contribution in [-0.2, 0) is 0 Å². The Labute approximate surface area is 324 Å². The minimum Gasteiger partial charge on any atom is -0.455 e. The summed E-state index contributed by atoms with van der Waals surface area (Å²) in [4.78, 5) is 0. The maximum Gasteiger partial charge on any atom is 0.144 e. The molecule has 56 heavy (non-hydrogen) atoms. The van der Waals surface area contributed by atoms with Crippen molar-refractivity contribution in [3.8, 4) is 22.5 Å². The fourth-order valence-corrected chi connectivity index (χ4v) is 10.7. The number of hydrogen-bond acceptors (Lipinski definition) is 2. The molecule has 0 saturated carbocycles. The van der Waals surface area contributed by atoms with Crippen molar-refractivity contribution >= 4 is 108 Å². The van der Waals surface area contributed by atoms with Crippen LogP contribution in [0.3, 0.4) is 0 Å². The summed E-state index contributed by atoms with van der Waals surface area (Å²) in [7, 11) is 0. The van der Waals surface area contributed by atoms with Gasteiger partial charge in [-0.15, -0.1) is 11.3 Å². The fourth-order valence-electron chi connectivity index (χ4n) is 9.45. The quantitative estimate of drug-likeness (QED) is 0.177. The molecule has 13 rings (SSSR count). The standard InChI is InChI=1S/C52H30N2OS/c1-2-13-34(14-3-1)53-44-26-24-33(29-41(44)49-35-15-5-4-12-31(35)22-27-45(49)53)32-23-25-43-39(28-32)36-16-6-9-19-42(36)54(43)46-30-40-37-17-7-10-20-47(37)55-51(40)50-38-18-8-11-21-48(38)56-52(46)50/h1-30H. The Hall–Kier alpha value is -7.14. The number of nitrogens with zero attached hydrogens (tertiary/aromatic N) is 2. The highest BCUT2D eigenvalue weighted by atomic mass is 32.1. The van der Waals surface area contributed by atoms with Crippen molar-refractivity contribution in [3.63, 3.8) is 0 Å². The first-order valence-corrected chi connectivity index (χ1v) is 19.9. The summed E-state index contributed by atoms with van der Waals surface area (Å²) in [6.45, 7) is 0. The van der Waals surface area contributed by atoms with Crippen LogP contribution < -0.4 is 0 Å². The van der Waals surface area contributed by atoms with Gasteiger partial charge in [0.15, 0.2) is 0 Å². The zero-order valence-electron chi connectivity index (χ0n) is 30.0. The summed E-state index contributed by atoms with van der Waals surface area (Å²) < 4.78 is 14.0. The maximum absolute atomic E-state index is 6.65. The van der Waals surface area contributed by atoms with E-state index in [1.807, 2.05) is 11.3 Å². The predicted molar refractivity (Wildman–Crippen MR) is 238 cm³/mol. The molecule has 0 spiro atoms. The van der Waals surface area contributed by atoms with Gasteiger partial charge in [0.1, 0.15) is 11.2 Å². The van der Waals surface area contributed by atoms with Gasteiger partial charge in [-0.05, 0) is 88.6 Å². The van der Waals surface area contributed by atoms with Gasteiger partial charge in [-0.25, -0.2) is 0 Å². The lowest BCUT2D eigenvalue weighted by Crippen LogP contribution is -1.94. The third-order valence-electron chi connectivity index (χ3n) is 11.9. The fraction of sp³-hybridized carbons (Fsp3) is 0. The van der Waals surface area contributed by atoms with E-state index in [1.54, 1.807) is 0 Å². The monoisotopic (exact) mass is 730 g/mol. The molecule has 4 heterocycles. The van der Waals surface area contributed by atoms with E-state index in [2.05, 4.69) is 191 Å². The molecule has 13 aromatic rings. The first-order valence-electron chi connectivity index (χ1n) is 19.1. The number of hydrogen-bond donors (Lipinski definition) is 0. The van der Waals surface area contributed by atoms with Gasteiger partial charge in [-0.1, -0.05) is 115 Å². The van der Waals surface area contributed by atoms with Crippen molar-refractivity contribution in [3.05, 3.63) is 182 Å². The van der Waals surface area contributed by atoms with Crippen LogP contribution in [0.1, 0.15) is 0 Å². The van der Waals surface area contributed by atoms with Crippen molar-refractivity contribution < 1.29 is 4.42 Å². The van der Waals surface area contributed by atoms with Crippen molar-refractivity contribution in [2.75, 3.05) is 0 Å². The summed E-state index contributed by atoms with van der Waals surface area (Å²) in [6.07, 6.45) is 0. The van der Waals surface area contributed by atoms with E-state index in [0.717, 1.165) is 21.9 Å². The van der Waals surface area contributed by atoms with Crippen LogP contribution in [0.25, 0.3) is 119 Å². The van der Waals surface area contributed by atoms with Gasteiger partial charge in [0.05, 0.1) is 32.5 Å². The molecule has 0 unspecified atom stereocenters. The molecule has 9 aromatic carbocycles. The highest BCUT2D eigenvalue weighted by Crippen LogP contribution is 2.47. The summed E-state index contributed by atoms with van der Waals surface area (Å²) in [5, 5.41) is 12.3. The zero-order chi connectivity index (χ0) is 36.5. The number of rotatable bonds is 3. The lowest BCUT2D eigenvalue weighted by molar-refractivity contribution is 0.673. The van der Waals surface area contributed by atoms with Gasteiger partial charge in [0.25, 0.3) is 0 Å². The van der Waals surface area contributed by atoms with E-state index in [1.165, 1.54) is 97.1 Å². The highest BCUT2D eigenvalue weighted by Gasteiger charge is 2.23. The van der Waals surface area contributed by atoms with Gasteiger partial charge in [0.2, 0.25) is 0 Å². The summed E-state index contributed by atoms with van der Waals surface area (Å²) in [5.41, 5.74) is 11.4. The Morgan fingerprint density at radius 2 is 1.04 bits per heavy atom. The molecule has 260 valence electrons. The molecule has 4 aromatic heterocycles. The Kier molecular flexibility index (Phi) is 6.04. The van der Waals surface area contributed by atoms with Crippen molar-refractivity contribution in [1.82, 2.24) is 9.13 Å². The molecule has 0 N–H and O–H groups in total. The first kappa shape index (κ1) is 30.2. The first-order chi connectivity index (χ1) is 27.8. The lowest BCUT2D eigenvalue weighted by atomic mass is 9.99. The van der Waals surface area contributed by atoms with Crippen LogP contribution in [0.5, 0.6) is 0 Å². The average molecular weight is 731 g/mol. The summed E-state index contributed by atoms with van der Waals surface area (Å²) in [5.74, 6) is 0. The van der Waals surface area contributed by atoms with Crippen LogP contribution >= 0.6 is 11.3 Å². The molecule has 0 atom stereocenters. The number of fused-ring (bicyclic) bond motifs is 15. The Balaban J connectivity index is 1.08. The van der Waals surface area contributed by atoms with E-state index in [4.69, 9.17) is 4.42 Å². The molecule has 0 aliphatic heterocycles. The molecule has 3 nitrogen and oxygen atoms in total. The van der Waals surface area contributed by atoms with Crippen molar-refractivity contribution in [1.29, 1.82) is 0 Å². The van der Waals surface area contributed by atoms with Crippen molar-refractivity contribution in [2.24, 2.45) is 0 Å². The number of para-hydroxylation sites is 3. The minimum atomic E-state index is 0.917. The van der Waals surface area contributed by atoms with E-state index >= 15 is 0 Å². The molecule has 0 aliphatic carbocycles. The largest absolute Gasteiger partial charge is 0.455 e. The topological polar surface area (TPSA) is 23.0 Å². The van der Waals surface area contributed by atoms with E-state index in [0.29, 0.717) is 0 Å². The Morgan fingerprint density at radius 3 is 1.89 bits per heavy atom. The summed E-state index contributed by atoms with van der Waals surface area (Å²) in [6, 6.07) is 66.4. The molecular formula is C52H30N2OS. The van der Waals surface area contributed by atoms with Crippen LogP contribution in [0.15, 0.2) is 186 Å². The molecule has 0 fully saturated rings. The average Bonchev–Trinajstić information content (AvgIpc) is 4.01. The van der Waals surface area contributed by atoms with Crippen LogP contribution in [0.4, 0.5) is 0 Å². The molecule has 0 radical (unpaired) electrons. The van der Waals surface area contributed by atoms with Gasteiger partial charge in [-0.2, -0.15) is 0 Å². The SMILES string of the molecule is c1ccc(-n2c3ccc(-c4ccc5c(c4)c4ccccc4n5-c4cc5c6ccccc6oc5c5c4sc4ccccc45)cc3c3c4ccccc4ccc32)cc1. The molecule has 0 saturated heterocycles. The van der Waals surface area contributed by atoms with Crippen LogP contribution in [0, 0.1) is 0 Å². The molecule has 0 amide bonds. The lowest BCUT2D eigenvalue weighted by Gasteiger charge is -2.11. The second-order valence-corrected chi connectivity index (χ2v) is 15.9. The molecular weight excluding hydrogens is 701 g/mol. The van der Waals surface area contributed by atoms with E-state index < -0.39 is 0 Å². The molecule has 0 aliphatic rings. The number of furan rings is 1. The molecule has 0 bridgehead atoms. The van der Waals surface area contributed by atoms with Crippen LogP contribution in [-0.4, -0.2) is 9.13 Å². The van der Waals surface area contributed by atoms with Crippen LogP contribution in [0.2, 0.25) is 0 Å². The van der Waals surface area contributed by atoms with Gasteiger partial charge < -0.3 is 13.6 Å². The van der Waals surface area contributed by atoms with E-state index in [-0.39, 0.29) is 0 Å². The highest BCUT2D eigenvalue weighted by molar-refractivity contribution is 7.26. The predicted octanol–water partition coefficient (Wildman–Crippen LogP) is 15.0. The van der Waals surface area contributed by atoms with Gasteiger partial charge in [-0.3, -0.25) is 0 Å². The smallest absolute Gasteiger partial charge is 0.144 e. The normalized spacial score (nSPS) is 12.3.